The van der Waals surface area contributed by atoms with E-state index in [1.807, 2.05) is 48.8 Å². The van der Waals surface area contributed by atoms with Crippen LogP contribution in [-0.2, 0) is 0 Å². The molecule has 1 fully saturated rings. The Morgan fingerprint density at radius 2 is 1.94 bits per heavy atom. The first kappa shape index (κ1) is 20.8. The molecule has 0 spiro atoms. The highest BCUT2D eigenvalue weighted by atomic mass is 19.1. The van der Waals surface area contributed by atoms with Gasteiger partial charge in [0.1, 0.15) is 5.58 Å². The molecule has 0 N–H and O–H groups in total. The number of nitrogens with zero attached hydrogens (tertiary/aromatic N) is 4. The Hall–Kier alpha value is -3.06. The fourth-order valence-electron chi connectivity index (χ4n) is 4.77. The van der Waals surface area contributed by atoms with Crippen LogP contribution in [0.1, 0.15) is 42.1 Å². The average Bonchev–Trinajstić information content (AvgIpc) is 3.21. The lowest BCUT2D eigenvalue weighted by molar-refractivity contribution is 0.204. The number of hydrogen-bond donors (Lipinski definition) is 0. The molecule has 1 aliphatic rings. The quantitative estimate of drug-likeness (QED) is 0.428. The van der Waals surface area contributed by atoms with E-state index in [9.17, 15) is 9.18 Å². The second kappa shape index (κ2) is 8.47. The molecule has 0 amide bonds. The molecule has 32 heavy (non-hydrogen) atoms. The Morgan fingerprint density at radius 1 is 1.12 bits per heavy atom. The molecule has 0 radical (unpaired) electrons. The maximum Gasteiger partial charge on any atom is 0.345 e. The molecule has 4 aromatic rings. The third kappa shape index (κ3) is 3.93. The Morgan fingerprint density at radius 3 is 2.72 bits per heavy atom. The second-order valence-electron chi connectivity index (χ2n) is 8.73. The lowest BCUT2D eigenvalue weighted by atomic mass is 9.89. The van der Waals surface area contributed by atoms with Crippen molar-refractivity contribution in [3.8, 4) is 11.3 Å². The molecule has 5 rings (SSSR count). The van der Waals surface area contributed by atoms with E-state index >= 15 is 0 Å². The summed E-state index contributed by atoms with van der Waals surface area (Å²) < 4.78 is 20.1. The van der Waals surface area contributed by atoms with Gasteiger partial charge >= 0.3 is 5.63 Å². The van der Waals surface area contributed by atoms with Crippen molar-refractivity contribution in [3.63, 3.8) is 0 Å². The standard InChI is InChI=1S/C25H27FN4O2/c1-16-14-30-15-22(28-24(30)17(2)27-16)21-12-20-5-4-19(13-23(20)32-25(21)31)18-6-10-29(11-7-18)9-3-8-26/h4-5,12-15,18H,3,6-11H2,1-2H3. The van der Waals surface area contributed by atoms with Crippen molar-refractivity contribution in [2.45, 2.75) is 39.0 Å². The first-order valence-corrected chi connectivity index (χ1v) is 11.2. The van der Waals surface area contributed by atoms with Gasteiger partial charge in [-0.25, -0.2) is 9.78 Å². The molecule has 0 bridgehead atoms. The summed E-state index contributed by atoms with van der Waals surface area (Å²) in [5.74, 6) is 0.433. The Labute approximate surface area is 185 Å². The van der Waals surface area contributed by atoms with Gasteiger partial charge < -0.3 is 13.7 Å². The number of aryl methyl sites for hydroxylation is 2. The maximum absolute atomic E-state index is 12.8. The molecule has 4 heterocycles. The lowest BCUT2D eigenvalue weighted by Crippen LogP contribution is -2.33. The highest BCUT2D eigenvalue weighted by Gasteiger charge is 2.21. The van der Waals surface area contributed by atoms with Crippen LogP contribution < -0.4 is 5.63 Å². The SMILES string of the molecule is Cc1cn2cc(-c3cc4ccc(C5CCN(CCCF)CC5)cc4oc3=O)nc2c(C)n1. The van der Waals surface area contributed by atoms with Crippen molar-refractivity contribution >= 4 is 16.6 Å². The zero-order valence-corrected chi connectivity index (χ0v) is 18.5. The van der Waals surface area contributed by atoms with E-state index in [-0.39, 0.29) is 12.3 Å². The summed E-state index contributed by atoms with van der Waals surface area (Å²) in [6.45, 7) is 6.38. The lowest BCUT2D eigenvalue weighted by Gasteiger charge is -2.32. The van der Waals surface area contributed by atoms with E-state index in [0.717, 1.165) is 54.9 Å². The minimum absolute atomic E-state index is 0.253. The highest BCUT2D eigenvalue weighted by molar-refractivity contribution is 5.82. The van der Waals surface area contributed by atoms with Gasteiger partial charge in [-0.05, 0) is 69.8 Å². The predicted octanol–water partition coefficient (Wildman–Crippen LogP) is 4.66. The van der Waals surface area contributed by atoms with Gasteiger partial charge in [0.2, 0.25) is 0 Å². The average molecular weight is 435 g/mol. The number of imidazole rings is 1. The number of aromatic nitrogens is 3. The molecule has 0 atom stereocenters. The Balaban J connectivity index is 1.43. The van der Waals surface area contributed by atoms with E-state index in [2.05, 4.69) is 20.9 Å². The van der Waals surface area contributed by atoms with E-state index in [1.54, 1.807) is 0 Å². The third-order valence-electron chi connectivity index (χ3n) is 6.43. The fourth-order valence-corrected chi connectivity index (χ4v) is 4.77. The number of halogens is 1. The minimum atomic E-state index is -0.388. The molecule has 0 aliphatic carbocycles. The summed E-state index contributed by atoms with van der Waals surface area (Å²) in [7, 11) is 0. The van der Waals surface area contributed by atoms with Crippen LogP contribution in [0.15, 0.2) is 45.9 Å². The Bertz CT molecular complexity index is 1340. The van der Waals surface area contributed by atoms with Gasteiger partial charge in [0.15, 0.2) is 5.65 Å². The molecule has 0 unspecified atom stereocenters. The van der Waals surface area contributed by atoms with Gasteiger partial charge in [-0.3, -0.25) is 9.37 Å². The van der Waals surface area contributed by atoms with Gasteiger partial charge in [0, 0.05) is 24.3 Å². The zero-order valence-electron chi connectivity index (χ0n) is 18.5. The Kier molecular flexibility index (Phi) is 5.51. The summed E-state index contributed by atoms with van der Waals surface area (Å²) in [6, 6.07) is 8.03. The van der Waals surface area contributed by atoms with Crippen molar-refractivity contribution in [2.75, 3.05) is 26.3 Å². The third-order valence-corrected chi connectivity index (χ3v) is 6.43. The van der Waals surface area contributed by atoms with Gasteiger partial charge in [-0.15, -0.1) is 0 Å². The summed E-state index contributed by atoms with van der Waals surface area (Å²) in [6.07, 6.45) is 6.43. The fraction of sp³-hybridized carbons (Fsp3) is 0.400. The van der Waals surface area contributed by atoms with E-state index in [4.69, 9.17) is 4.42 Å². The van der Waals surface area contributed by atoms with Crippen LogP contribution in [0.4, 0.5) is 4.39 Å². The molecule has 1 saturated heterocycles. The van der Waals surface area contributed by atoms with E-state index in [1.165, 1.54) is 5.56 Å². The number of rotatable bonds is 5. The van der Waals surface area contributed by atoms with Gasteiger partial charge in [0.25, 0.3) is 0 Å². The second-order valence-corrected chi connectivity index (χ2v) is 8.73. The molecule has 7 heteroatoms. The van der Waals surface area contributed by atoms with E-state index in [0.29, 0.717) is 29.2 Å². The molecular weight excluding hydrogens is 407 g/mol. The van der Waals surface area contributed by atoms with Crippen molar-refractivity contribution in [2.24, 2.45) is 0 Å². The number of alkyl halides is 1. The maximum atomic E-state index is 12.8. The molecule has 6 nitrogen and oxygen atoms in total. The van der Waals surface area contributed by atoms with Gasteiger partial charge in [0.05, 0.1) is 29.3 Å². The number of piperidine rings is 1. The molecular formula is C25H27FN4O2. The van der Waals surface area contributed by atoms with Crippen LogP contribution in [0.25, 0.3) is 27.9 Å². The molecule has 3 aromatic heterocycles. The molecule has 1 aliphatic heterocycles. The van der Waals surface area contributed by atoms with Crippen LogP contribution >= 0.6 is 0 Å². The largest absolute Gasteiger partial charge is 0.422 e. The van der Waals surface area contributed by atoms with Crippen LogP contribution in [0.2, 0.25) is 0 Å². The number of hydrogen-bond acceptors (Lipinski definition) is 5. The number of likely N-dealkylation sites (tertiary alicyclic amines) is 1. The molecule has 0 saturated carbocycles. The van der Waals surface area contributed by atoms with Crippen molar-refractivity contribution < 1.29 is 8.81 Å². The number of benzene rings is 1. The number of fused-ring (bicyclic) bond motifs is 2. The van der Waals surface area contributed by atoms with E-state index < -0.39 is 0 Å². The normalized spacial score (nSPS) is 15.7. The van der Waals surface area contributed by atoms with Gasteiger partial charge in [-0.2, -0.15) is 0 Å². The summed E-state index contributed by atoms with van der Waals surface area (Å²) in [5, 5.41) is 0.881. The zero-order chi connectivity index (χ0) is 22.2. The highest BCUT2D eigenvalue weighted by Crippen LogP contribution is 2.31. The topological polar surface area (TPSA) is 63.6 Å². The van der Waals surface area contributed by atoms with Crippen molar-refractivity contribution in [1.29, 1.82) is 0 Å². The molecule has 1 aromatic carbocycles. The predicted molar refractivity (Wildman–Crippen MR) is 123 cm³/mol. The summed E-state index contributed by atoms with van der Waals surface area (Å²) >= 11 is 0. The monoisotopic (exact) mass is 434 g/mol. The summed E-state index contributed by atoms with van der Waals surface area (Å²) in [5.41, 5.74) is 4.90. The van der Waals surface area contributed by atoms with Crippen LogP contribution in [0, 0.1) is 13.8 Å². The smallest absolute Gasteiger partial charge is 0.345 e. The van der Waals surface area contributed by atoms with Crippen LogP contribution in [-0.4, -0.2) is 45.6 Å². The van der Waals surface area contributed by atoms with Crippen molar-refractivity contribution in [3.05, 3.63) is 64.0 Å². The van der Waals surface area contributed by atoms with Crippen molar-refractivity contribution in [1.82, 2.24) is 19.3 Å². The minimum Gasteiger partial charge on any atom is -0.422 e. The van der Waals surface area contributed by atoms with Crippen LogP contribution in [0.5, 0.6) is 0 Å². The van der Waals surface area contributed by atoms with Gasteiger partial charge in [-0.1, -0.05) is 12.1 Å². The first-order chi connectivity index (χ1) is 15.5. The first-order valence-electron chi connectivity index (χ1n) is 11.2. The van der Waals surface area contributed by atoms with Crippen LogP contribution in [0.3, 0.4) is 0 Å². The summed E-state index contributed by atoms with van der Waals surface area (Å²) in [4.78, 5) is 24.2. The molecule has 166 valence electrons.